The predicted molar refractivity (Wildman–Crippen MR) is 59.1 cm³/mol. The topological polar surface area (TPSA) is 66.7 Å². The van der Waals surface area contributed by atoms with Crippen LogP contribution in [0.1, 0.15) is 5.56 Å². The summed E-state index contributed by atoms with van der Waals surface area (Å²) in [7, 11) is 0. The number of hydrogen-bond donors (Lipinski definition) is 1. The van der Waals surface area contributed by atoms with Gasteiger partial charge >= 0.3 is 5.97 Å². The van der Waals surface area contributed by atoms with E-state index in [1.54, 1.807) is 0 Å². The van der Waals surface area contributed by atoms with Gasteiger partial charge in [-0.25, -0.2) is 4.79 Å². The van der Waals surface area contributed by atoms with Gasteiger partial charge < -0.3 is 5.11 Å². The molecule has 0 spiro atoms. The third-order valence-corrected chi connectivity index (χ3v) is 2.93. The number of thioether (sulfide) groups is 1. The van der Waals surface area contributed by atoms with E-state index in [9.17, 15) is 9.70 Å². The number of hydrogen-bond acceptors (Lipinski definition) is 4. The summed E-state index contributed by atoms with van der Waals surface area (Å²) in [4.78, 5) is 21.6. The van der Waals surface area contributed by atoms with E-state index < -0.39 is 12.0 Å². The van der Waals surface area contributed by atoms with Crippen molar-refractivity contribution in [2.24, 2.45) is 5.18 Å². The van der Waals surface area contributed by atoms with Crippen LogP contribution in [-0.4, -0.2) is 22.9 Å². The number of carbonyl (C=O) groups is 1. The lowest BCUT2D eigenvalue weighted by atomic mass is 10.2. The molecule has 0 saturated heterocycles. The average Bonchev–Trinajstić information content (AvgIpc) is 2.21. The van der Waals surface area contributed by atoms with Gasteiger partial charge in [0.25, 0.3) is 0 Å². The van der Waals surface area contributed by atoms with Crippen LogP contribution in [0.3, 0.4) is 0 Å². The summed E-state index contributed by atoms with van der Waals surface area (Å²) >= 11 is 1.32. The summed E-state index contributed by atoms with van der Waals surface area (Å²) in [6.07, 6.45) is 0. The molecular weight excluding hydrogens is 214 g/mol. The quantitative estimate of drug-likeness (QED) is 0.616. The Balaban J connectivity index is 2.52. The lowest BCUT2D eigenvalue weighted by Crippen LogP contribution is -2.19. The number of aryl methyl sites for hydroxylation is 1. The Bertz CT molecular complexity index is 350. The zero-order valence-corrected chi connectivity index (χ0v) is 9.03. The second-order valence-electron chi connectivity index (χ2n) is 3.08. The van der Waals surface area contributed by atoms with Gasteiger partial charge in [0.1, 0.15) is 0 Å². The van der Waals surface area contributed by atoms with Gasteiger partial charge in [0.2, 0.25) is 0 Å². The Morgan fingerprint density at radius 1 is 1.47 bits per heavy atom. The predicted octanol–water partition coefficient (Wildman–Crippen LogP) is 2.31. The molecule has 0 fully saturated rings. The number of carboxylic acid groups (broad SMARTS) is 1. The van der Waals surface area contributed by atoms with Gasteiger partial charge in [-0.1, -0.05) is 22.9 Å². The largest absolute Gasteiger partial charge is 0.480 e. The normalized spacial score (nSPS) is 12.1. The molecule has 0 aliphatic heterocycles. The van der Waals surface area contributed by atoms with Crippen LogP contribution < -0.4 is 0 Å². The van der Waals surface area contributed by atoms with Crippen molar-refractivity contribution in [3.8, 4) is 0 Å². The molecule has 0 radical (unpaired) electrons. The molecule has 1 atom stereocenters. The van der Waals surface area contributed by atoms with Crippen molar-refractivity contribution in [3.05, 3.63) is 34.7 Å². The minimum absolute atomic E-state index is 0.169. The van der Waals surface area contributed by atoms with E-state index in [1.807, 2.05) is 31.2 Å². The Hall–Kier alpha value is -1.36. The number of aliphatic carboxylic acids is 1. The molecule has 0 heterocycles. The molecule has 1 aromatic rings. The van der Waals surface area contributed by atoms with Gasteiger partial charge in [-0.15, -0.1) is 16.7 Å². The van der Waals surface area contributed by atoms with E-state index in [-0.39, 0.29) is 5.75 Å². The highest BCUT2D eigenvalue weighted by atomic mass is 32.2. The second kappa shape index (κ2) is 5.50. The van der Waals surface area contributed by atoms with Crippen LogP contribution in [0.25, 0.3) is 0 Å². The van der Waals surface area contributed by atoms with E-state index in [0.717, 1.165) is 10.5 Å². The third kappa shape index (κ3) is 3.71. The minimum Gasteiger partial charge on any atom is -0.480 e. The first kappa shape index (κ1) is 11.7. The monoisotopic (exact) mass is 225 g/mol. The molecule has 5 heteroatoms. The molecule has 0 aliphatic rings. The second-order valence-corrected chi connectivity index (χ2v) is 4.18. The first-order valence-corrected chi connectivity index (χ1v) is 5.37. The number of benzene rings is 1. The van der Waals surface area contributed by atoms with Crippen LogP contribution in [0.15, 0.2) is 34.3 Å². The molecular formula is C10H11NO3S. The summed E-state index contributed by atoms with van der Waals surface area (Å²) in [5, 5.41) is 11.1. The molecule has 0 aromatic heterocycles. The molecule has 0 amide bonds. The number of nitroso groups, excluding NO2 is 1. The average molecular weight is 225 g/mol. The van der Waals surface area contributed by atoms with Crippen molar-refractivity contribution >= 4 is 17.7 Å². The molecule has 0 bridgehead atoms. The molecule has 1 unspecified atom stereocenters. The Morgan fingerprint density at radius 3 is 2.53 bits per heavy atom. The first-order valence-electron chi connectivity index (χ1n) is 4.38. The van der Waals surface area contributed by atoms with Gasteiger partial charge in [0, 0.05) is 10.6 Å². The van der Waals surface area contributed by atoms with E-state index in [4.69, 9.17) is 5.11 Å². The zero-order chi connectivity index (χ0) is 11.3. The van der Waals surface area contributed by atoms with Crippen LogP contribution >= 0.6 is 11.8 Å². The van der Waals surface area contributed by atoms with Crippen molar-refractivity contribution in [2.75, 3.05) is 5.75 Å². The zero-order valence-electron chi connectivity index (χ0n) is 8.21. The van der Waals surface area contributed by atoms with Crippen molar-refractivity contribution in [1.29, 1.82) is 0 Å². The fourth-order valence-electron chi connectivity index (χ4n) is 0.956. The lowest BCUT2D eigenvalue weighted by Gasteiger charge is -2.03. The Kier molecular flexibility index (Phi) is 4.30. The van der Waals surface area contributed by atoms with Crippen LogP contribution in [0.4, 0.5) is 0 Å². The van der Waals surface area contributed by atoms with Gasteiger partial charge in [-0.3, -0.25) is 0 Å². The number of carboxylic acids is 1. The third-order valence-electron chi connectivity index (χ3n) is 1.84. The molecule has 4 nitrogen and oxygen atoms in total. The van der Waals surface area contributed by atoms with E-state index in [0.29, 0.717) is 0 Å². The minimum atomic E-state index is -1.18. The van der Waals surface area contributed by atoms with Gasteiger partial charge in [-0.05, 0) is 19.1 Å². The van der Waals surface area contributed by atoms with Gasteiger partial charge in [-0.2, -0.15) is 0 Å². The highest BCUT2D eigenvalue weighted by Crippen LogP contribution is 2.19. The van der Waals surface area contributed by atoms with E-state index >= 15 is 0 Å². The van der Waals surface area contributed by atoms with Crippen LogP contribution in [-0.2, 0) is 4.79 Å². The highest BCUT2D eigenvalue weighted by molar-refractivity contribution is 7.99. The summed E-state index contributed by atoms with van der Waals surface area (Å²) < 4.78 is 0. The van der Waals surface area contributed by atoms with Crippen molar-refractivity contribution in [3.63, 3.8) is 0 Å². The molecule has 1 N–H and O–H groups in total. The summed E-state index contributed by atoms with van der Waals surface area (Å²) in [5.74, 6) is -1.01. The molecule has 0 aliphatic carbocycles. The van der Waals surface area contributed by atoms with Crippen molar-refractivity contribution < 1.29 is 9.90 Å². The standard InChI is InChI=1S/C10H11NO3S/c1-7-2-4-8(5-3-7)15-6-9(11-14)10(12)13/h2-5,9H,6H2,1H3,(H,12,13). The molecule has 0 saturated carbocycles. The first-order chi connectivity index (χ1) is 7.13. The molecule has 1 rings (SSSR count). The number of rotatable bonds is 5. The van der Waals surface area contributed by atoms with Crippen molar-refractivity contribution in [1.82, 2.24) is 0 Å². The fourth-order valence-corrected chi connectivity index (χ4v) is 1.84. The maximum absolute atomic E-state index is 10.5. The summed E-state index contributed by atoms with van der Waals surface area (Å²) in [6.45, 7) is 1.97. The maximum Gasteiger partial charge on any atom is 0.333 e. The Morgan fingerprint density at radius 2 is 2.07 bits per heavy atom. The van der Waals surface area contributed by atoms with Crippen LogP contribution in [0.5, 0.6) is 0 Å². The molecule has 1 aromatic carbocycles. The number of nitrogens with zero attached hydrogens (tertiary/aromatic N) is 1. The highest BCUT2D eigenvalue weighted by Gasteiger charge is 2.17. The van der Waals surface area contributed by atoms with Crippen LogP contribution in [0, 0.1) is 11.8 Å². The van der Waals surface area contributed by atoms with Crippen molar-refractivity contribution in [2.45, 2.75) is 17.9 Å². The smallest absolute Gasteiger partial charge is 0.333 e. The van der Waals surface area contributed by atoms with E-state index in [2.05, 4.69) is 5.18 Å². The lowest BCUT2D eigenvalue weighted by molar-refractivity contribution is -0.137. The SMILES string of the molecule is Cc1ccc(SCC(N=O)C(=O)O)cc1. The van der Waals surface area contributed by atoms with Gasteiger partial charge in [0.15, 0.2) is 6.04 Å². The maximum atomic E-state index is 10.5. The van der Waals surface area contributed by atoms with Gasteiger partial charge in [0.05, 0.1) is 0 Å². The summed E-state index contributed by atoms with van der Waals surface area (Å²) in [5.41, 5.74) is 1.14. The van der Waals surface area contributed by atoms with Crippen LogP contribution in [0.2, 0.25) is 0 Å². The molecule has 15 heavy (non-hydrogen) atoms. The van der Waals surface area contributed by atoms with E-state index in [1.165, 1.54) is 11.8 Å². The Labute approximate surface area is 91.7 Å². The summed E-state index contributed by atoms with van der Waals surface area (Å²) in [6, 6.07) is 6.49. The fraction of sp³-hybridized carbons (Fsp3) is 0.300. The molecule has 80 valence electrons.